The Morgan fingerprint density at radius 3 is 2.47 bits per heavy atom. The number of aryl methyl sites for hydroxylation is 1. The Hall–Kier alpha value is -2.60. The molecular weight excluding hydrogens is 609 g/mol. The maximum absolute atomic E-state index is 12.7. The zero-order valence-electron chi connectivity index (χ0n) is 16.8. The lowest BCUT2D eigenvalue weighted by molar-refractivity contribution is 0.0993. The predicted molar refractivity (Wildman–Crippen MR) is 137 cm³/mol. The van der Waals surface area contributed by atoms with Crippen LogP contribution in [0.3, 0.4) is 0 Å². The van der Waals surface area contributed by atoms with Gasteiger partial charge in [-0.2, -0.15) is 0 Å². The second-order valence-corrected chi connectivity index (χ2v) is 9.53. The van der Waals surface area contributed by atoms with Gasteiger partial charge < -0.3 is 5.32 Å². The Labute approximate surface area is 208 Å². The first-order valence-electron chi connectivity index (χ1n) is 9.26. The fourth-order valence-electron chi connectivity index (χ4n) is 2.74. The van der Waals surface area contributed by atoms with Crippen LogP contribution in [-0.2, 0) is 17.4 Å². The third-order valence-electron chi connectivity index (χ3n) is 4.30. The van der Waals surface area contributed by atoms with E-state index in [9.17, 15) is 13.2 Å². The largest absolute Gasteiger partial charge is 0.362 e. The summed E-state index contributed by atoms with van der Waals surface area (Å²) in [4.78, 5) is 16.3. The monoisotopic (exact) mass is 626 g/mol. The first kappa shape index (κ1) is 24.1. The molecule has 0 unspecified atom stereocenters. The minimum absolute atomic E-state index is 0.200. The van der Waals surface area contributed by atoms with E-state index >= 15 is 0 Å². The van der Waals surface area contributed by atoms with Gasteiger partial charge in [0.25, 0.3) is 0 Å². The van der Waals surface area contributed by atoms with Gasteiger partial charge in [0.2, 0.25) is 20.9 Å². The van der Waals surface area contributed by atoms with Crippen molar-refractivity contribution in [1.29, 1.82) is 0 Å². The van der Waals surface area contributed by atoms with Gasteiger partial charge in [-0.05, 0) is 89.2 Å². The van der Waals surface area contributed by atoms with E-state index in [1.165, 1.54) is 0 Å². The number of anilines is 3. The Morgan fingerprint density at radius 1 is 1.06 bits per heavy atom. The smallest absolute Gasteiger partial charge is 0.355 e. The van der Waals surface area contributed by atoms with Gasteiger partial charge in [-0.3, -0.25) is 9.52 Å². The number of rotatable bonds is 7. The Kier molecular flexibility index (Phi) is 8.51. The number of carbonyl (C=O) groups is 1. The standard InChI is InChI=1S/C21H17BrIN5O3S/c1-13-10-16(23)5-9-19(13)25-20-8-4-15(22)11-18(20)21(29)26-28-24-12-14-2-6-17(7-3-14)27-32(30)31/h2-11,32H,12H2,1H3,(H-,25,27,29,30,31)/p+1. The SMILES string of the molecule is Cc1cc(I)ccc1Nc1ccc(Br)cc1C(=O)N=[N+]=NCc1ccc(N[SH](=O)=O)cc1. The van der Waals surface area contributed by atoms with Crippen LogP contribution in [0, 0.1) is 10.5 Å². The molecule has 0 bridgehead atoms. The molecular formula is C21H18BrIN5O3S+. The number of carbonyl (C=O) groups excluding carboxylic acids is 1. The molecule has 0 aromatic heterocycles. The summed E-state index contributed by atoms with van der Waals surface area (Å²) in [7, 11) is -2.71. The summed E-state index contributed by atoms with van der Waals surface area (Å²) in [6.07, 6.45) is 0. The van der Waals surface area contributed by atoms with E-state index in [0.29, 0.717) is 16.9 Å². The van der Waals surface area contributed by atoms with Crippen LogP contribution >= 0.6 is 38.5 Å². The highest BCUT2D eigenvalue weighted by molar-refractivity contribution is 14.1. The van der Waals surface area contributed by atoms with Crippen molar-refractivity contribution in [2.45, 2.75) is 13.5 Å². The Balaban J connectivity index is 1.74. The third-order valence-corrected chi connectivity index (χ3v) is 5.90. The number of nitrogens with zero attached hydrogens (tertiary/aromatic N) is 3. The van der Waals surface area contributed by atoms with Crippen LogP contribution in [-0.4, -0.2) is 14.3 Å². The lowest BCUT2D eigenvalue weighted by atomic mass is 10.1. The highest BCUT2D eigenvalue weighted by atomic mass is 127. The number of benzene rings is 3. The third kappa shape index (κ3) is 6.95. The van der Waals surface area contributed by atoms with E-state index in [4.69, 9.17) is 0 Å². The zero-order chi connectivity index (χ0) is 23.1. The molecule has 2 N–H and O–H groups in total. The molecule has 0 heterocycles. The lowest BCUT2D eigenvalue weighted by Gasteiger charge is -2.12. The topological polar surface area (TPSA) is 114 Å². The molecule has 0 radical (unpaired) electrons. The van der Waals surface area contributed by atoms with Gasteiger partial charge in [-0.15, -0.1) is 0 Å². The molecule has 3 rings (SSSR count). The van der Waals surface area contributed by atoms with E-state index in [0.717, 1.165) is 24.9 Å². The fraction of sp³-hybridized carbons (Fsp3) is 0.0952. The highest BCUT2D eigenvalue weighted by Gasteiger charge is 2.16. The Bertz CT molecular complexity index is 1280. The number of halogens is 2. The molecule has 164 valence electrons. The van der Waals surface area contributed by atoms with E-state index in [1.807, 2.05) is 31.2 Å². The van der Waals surface area contributed by atoms with Crippen molar-refractivity contribution in [1.82, 2.24) is 4.91 Å². The fourth-order valence-corrected chi connectivity index (χ4v) is 4.11. The van der Waals surface area contributed by atoms with E-state index in [2.05, 4.69) is 63.7 Å². The summed E-state index contributed by atoms with van der Waals surface area (Å²) in [5.41, 5.74) is 4.17. The van der Waals surface area contributed by atoms with E-state index < -0.39 is 16.8 Å². The summed E-state index contributed by atoms with van der Waals surface area (Å²) < 4.78 is 25.5. The van der Waals surface area contributed by atoms with Gasteiger partial charge >= 0.3 is 5.91 Å². The minimum atomic E-state index is -2.71. The van der Waals surface area contributed by atoms with Crippen molar-refractivity contribution < 1.29 is 13.2 Å². The van der Waals surface area contributed by atoms with Crippen LogP contribution in [0.25, 0.3) is 0 Å². The van der Waals surface area contributed by atoms with Gasteiger partial charge in [0.1, 0.15) is 11.7 Å². The Morgan fingerprint density at radius 2 is 1.78 bits per heavy atom. The van der Waals surface area contributed by atoms with Crippen molar-refractivity contribution in [3.05, 3.63) is 85.4 Å². The average molecular weight is 627 g/mol. The van der Waals surface area contributed by atoms with Crippen LogP contribution < -0.4 is 15.0 Å². The van der Waals surface area contributed by atoms with Crippen LogP contribution in [0.15, 0.2) is 75.4 Å². The van der Waals surface area contributed by atoms with Gasteiger partial charge in [0.15, 0.2) is 0 Å². The molecule has 11 heteroatoms. The molecule has 8 nitrogen and oxygen atoms in total. The summed E-state index contributed by atoms with van der Waals surface area (Å²) in [6, 6.07) is 18.0. The molecule has 32 heavy (non-hydrogen) atoms. The number of thiol groups is 1. The number of hydrogen-bond acceptors (Lipinski definition) is 5. The molecule has 3 aromatic carbocycles. The van der Waals surface area contributed by atoms with Crippen molar-refractivity contribution in [2.24, 2.45) is 10.2 Å². The molecule has 0 aliphatic carbocycles. The summed E-state index contributed by atoms with van der Waals surface area (Å²) in [6.45, 7) is 2.19. The average Bonchev–Trinajstić information content (AvgIpc) is 2.75. The molecule has 1 amide bonds. The van der Waals surface area contributed by atoms with Gasteiger partial charge in [0, 0.05) is 19.4 Å². The molecule has 0 atom stereocenters. The normalized spacial score (nSPS) is 10.4. The van der Waals surface area contributed by atoms with Crippen molar-refractivity contribution >= 4 is 72.4 Å². The van der Waals surface area contributed by atoms with Gasteiger partial charge in [-0.25, -0.2) is 8.42 Å². The first-order valence-corrected chi connectivity index (χ1v) is 12.3. The van der Waals surface area contributed by atoms with Crippen LogP contribution in [0.5, 0.6) is 0 Å². The maximum Gasteiger partial charge on any atom is 0.362 e. The summed E-state index contributed by atoms with van der Waals surface area (Å²) in [5.74, 6) is -0.528. The quantitative estimate of drug-likeness (QED) is 0.142. The van der Waals surface area contributed by atoms with Crippen molar-refractivity contribution in [2.75, 3.05) is 10.0 Å². The molecule has 0 saturated carbocycles. The highest BCUT2D eigenvalue weighted by Crippen LogP contribution is 2.27. The van der Waals surface area contributed by atoms with E-state index in [-0.39, 0.29) is 6.54 Å². The zero-order valence-corrected chi connectivity index (χ0v) is 21.4. The number of amides is 1. The predicted octanol–water partition coefficient (Wildman–Crippen LogP) is 5.36. The summed E-state index contributed by atoms with van der Waals surface area (Å²) in [5, 5.41) is 10.9. The van der Waals surface area contributed by atoms with Crippen LogP contribution in [0.1, 0.15) is 21.5 Å². The lowest BCUT2D eigenvalue weighted by Crippen LogP contribution is -2.03. The molecule has 0 spiro atoms. The molecule has 0 saturated heterocycles. The molecule has 3 aromatic rings. The summed E-state index contributed by atoms with van der Waals surface area (Å²) >= 11 is 5.64. The van der Waals surface area contributed by atoms with Crippen molar-refractivity contribution in [3.63, 3.8) is 0 Å². The minimum Gasteiger partial charge on any atom is -0.355 e. The van der Waals surface area contributed by atoms with Crippen LogP contribution in [0.2, 0.25) is 0 Å². The van der Waals surface area contributed by atoms with Crippen LogP contribution in [0.4, 0.5) is 17.1 Å². The molecule has 0 aliphatic heterocycles. The van der Waals surface area contributed by atoms with E-state index in [1.54, 1.807) is 36.4 Å². The second kappa shape index (κ2) is 11.3. The number of nitrogens with one attached hydrogen (secondary N) is 2. The molecule has 0 aliphatic rings. The van der Waals surface area contributed by atoms with Gasteiger partial charge in [0.05, 0.1) is 11.3 Å². The van der Waals surface area contributed by atoms with Gasteiger partial charge in [-0.1, -0.05) is 28.1 Å². The maximum atomic E-state index is 12.7. The first-order chi connectivity index (χ1) is 15.3. The molecule has 0 fully saturated rings. The number of hydrogen-bond donors (Lipinski definition) is 3. The second-order valence-electron chi connectivity index (χ2n) is 6.63. The van der Waals surface area contributed by atoms with Crippen molar-refractivity contribution in [3.8, 4) is 0 Å².